The lowest BCUT2D eigenvalue weighted by atomic mass is 10.1. The SMILES string of the molecule is O=C(Nc1cc(C2OCCCO2)ccc1O)c1ccc(OCc2ccccc2)cc1. The van der Waals surface area contributed by atoms with Crippen molar-refractivity contribution in [1.82, 2.24) is 0 Å². The standard InChI is InChI=1S/C24H23NO5/c26-22-12-9-19(24-28-13-4-14-29-24)15-21(22)25-23(27)18-7-10-20(11-8-18)30-16-17-5-2-1-3-6-17/h1-3,5-12,15,24,26H,4,13-14,16H2,(H,25,27). The van der Waals surface area contributed by atoms with Crippen LogP contribution in [0.2, 0.25) is 0 Å². The summed E-state index contributed by atoms with van der Waals surface area (Å²) in [6.07, 6.45) is 0.361. The van der Waals surface area contributed by atoms with Crippen molar-refractivity contribution in [1.29, 1.82) is 0 Å². The third-order valence-corrected chi connectivity index (χ3v) is 4.73. The van der Waals surface area contributed by atoms with Crippen LogP contribution in [-0.2, 0) is 16.1 Å². The number of phenolic OH excluding ortho intramolecular Hbond substituents is 1. The molecule has 6 nitrogen and oxygen atoms in total. The highest BCUT2D eigenvalue weighted by Gasteiger charge is 2.19. The molecular weight excluding hydrogens is 382 g/mol. The van der Waals surface area contributed by atoms with Gasteiger partial charge in [-0.25, -0.2) is 0 Å². The molecule has 30 heavy (non-hydrogen) atoms. The van der Waals surface area contributed by atoms with E-state index in [0.29, 0.717) is 36.8 Å². The van der Waals surface area contributed by atoms with Crippen molar-refractivity contribution >= 4 is 11.6 Å². The molecule has 0 saturated carbocycles. The van der Waals surface area contributed by atoms with Crippen LogP contribution >= 0.6 is 0 Å². The molecule has 1 fully saturated rings. The molecular formula is C24H23NO5. The van der Waals surface area contributed by atoms with Crippen molar-refractivity contribution in [2.24, 2.45) is 0 Å². The highest BCUT2D eigenvalue weighted by Crippen LogP contribution is 2.31. The predicted molar refractivity (Wildman–Crippen MR) is 113 cm³/mol. The second kappa shape index (κ2) is 9.43. The van der Waals surface area contributed by atoms with Crippen LogP contribution in [-0.4, -0.2) is 24.2 Å². The van der Waals surface area contributed by atoms with Crippen LogP contribution in [0.5, 0.6) is 11.5 Å². The van der Waals surface area contributed by atoms with Gasteiger partial charge in [-0.15, -0.1) is 0 Å². The molecule has 0 bridgehead atoms. The maximum absolute atomic E-state index is 12.6. The zero-order chi connectivity index (χ0) is 20.8. The number of nitrogens with one attached hydrogen (secondary N) is 1. The molecule has 0 spiro atoms. The summed E-state index contributed by atoms with van der Waals surface area (Å²) in [7, 11) is 0. The largest absolute Gasteiger partial charge is 0.506 e. The normalized spacial score (nSPS) is 14.3. The summed E-state index contributed by atoms with van der Waals surface area (Å²) in [5, 5.41) is 12.9. The van der Waals surface area contributed by atoms with E-state index in [-0.39, 0.29) is 11.7 Å². The van der Waals surface area contributed by atoms with Crippen molar-refractivity contribution < 1.29 is 24.1 Å². The van der Waals surface area contributed by atoms with Crippen LogP contribution in [0.25, 0.3) is 0 Å². The minimum atomic E-state index is -0.490. The third-order valence-electron chi connectivity index (χ3n) is 4.73. The first-order chi connectivity index (χ1) is 14.7. The highest BCUT2D eigenvalue weighted by molar-refractivity contribution is 6.05. The van der Waals surface area contributed by atoms with Gasteiger partial charge >= 0.3 is 0 Å². The summed E-state index contributed by atoms with van der Waals surface area (Å²) in [4.78, 5) is 12.6. The van der Waals surface area contributed by atoms with Crippen molar-refractivity contribution in [3.63, 3.8) is 0 Å². The Morgan fingerprint density at radius 1 is 1.00 bits per heavy atom. The average molecular weight is 405 g/mol. The lowest BCUT2D eigenvalue weighted by Crippen LogP contribution is -2.18. The topological polar surface area (TPSA) is 77.0 Å². The molecule has 0 atom stereocenters. The predicted octanol–water partition coefficient (Wildman–Crippen LogP) is 4.66. The molecule has 1 heterocycles. The number of hydrogen-bond donors (Lipinski definition) is 2. The number of rotatable bonds is 6. The Labute approximate surface area is 175 Å². The van der Waals surface area contributed by atoms with Crippen molar-refractivity contribution in [3.8, 4) is 11.5 Å². The molecule has 0 aromatic heterocycles. The van der Waals surface area contributed by atoms with E-state index in [4.69, 9.17) is 14.2 Å². The third kappa shape index (κ3) is 4.97. The minimum Gasteiger partial charge on any atom is -0.506 e. The van der Waals surface area contributed by atoms with Gasteiger partial charge < -0.3 is 24.6 Å². The maximum atomic E-state index is 12.6. The van der Waals surface area contributed by atoms with E-state index in [1.807, 2.05) is 30.3 Å². The van der Waals surface area contributed by atoms with Crippen LogP contribution in [0.15, 0.2) is 72.8 Å². The van der Waals surface area contributed by atoms with Gasteiger partial charge in [0.15, 0.2) is 6.29 Å². The summed E-state index contributed by atoms with van der Waals surface area (Å²) in [6, 6.07) is 21.6. The molecule has 1 aliphatic heterocycles. The zero-order valence-electron chi connectivity index (χ0n) is 16.4. The molecule has 0 unspecified atom stereocenters. The second-order valence-electron chi connectivity index (χ2n) is 6.96. The number of benzene rings is 3. The van der Waals surface area contributed by atoms with E-state index in [1.165, 1.54) is 6.07 Å². The van der Waals surface area contributed by atoms with Gasteiger partial charge in [0.1, 0.15) is 18.1 Å². The molecule has 1 saturated heterocycles. The summed E-state index contributed by atoms with van der Waals surface area (Å²) < 4.78 is 16.9. The molecule has 3 aromatic carbocycles. The van der Waals surface area contributed by atoms with E-state index < -0.39 is 6.29 Å². The number of carbonyl (C=O) groups is 1. The van der Waals surface area contributed by atoms with Gasteiger partial charge in [0.25, 0.3) is 5.91 Å². The Balaban J connectivity index is 1.39. The van der Waals surface area contributed by atoms with Gasteiger partial charge in [-0.05, 0) is 48.4 Å². The fraction of sp³-hybridized carbons (Fsp3) is 0.208. The molecule has 0 aliphatic carbocycles. The van der Waals surface area contributed by atoms with E-state index >= 15 is 0 Å². The van der Waals surface area contributed by atoms with Crippen LogP contribution in [0, 0.1) is 0 Å². The smallest absolute Gasteiger partial charge is 0.255 e. The second-order valence-corrected chi connectivity index (χ2v) is 6.96. The van der Waals surface area contributed by atoms with Gasteiger partial charge in [-0.2, -0.15) is 0 Å². The number of anilines is 1. The molecule has 154 valence electrons. The Hall–Kier alpha value is -3.35. The van der Waals surface area contributed by atoms with Crippen LogP contribution in [0.1, 0.15) is 34.2 Å². The quantitative estimate of drug-likeness (QED) is 0.584. The van der Waals surface area contributed by atoms with E-state index in [2.05, 4.69) is 5.32 Å². The average Bonchev–Trinajstić information content (AvgIpc) is 2.81. The molecule has 4 rings (SSSR count). The highest BCUT2D eigenvalue weighted by atomic mass is 16.7. The Bertz CT molecular complexity index is 982. The molecule has 1 aliphatic rings. The van der Waals surface area contributed by atoms with Gasteiger partial charge in [0.05, 0.1) is 18.9 Å². The van der Waals surface area contributed by atoms with Crippen LogP contribution in [0.3, 0.4) is 0 Å². The molecule has 6 heteroatoms. The maximum Gasteiger partial charge on any atom is 0.255 e. The number of carbonyl (C=O) groups excluding carboxylic acids is 1. The van der Waals surface area contributed by atoms with E-state index in [1.54, 1.807) is 36.4 Å². The van der Waals surface area contributed by atoms with E-state index in [0.717, 1.165) is 17.5 Å². The number of phenols is 1. The van der Waals surface area contributed by atoms with Crippen molar-refractivity contribution in [3.05, 3.63) is 89.5 Å². The van der Waals surface area contributed by atoms with Gasteiger partial charge in [0, 0.05) is 11.1 Å². The molecule has 1 amide bonds. The number of aromatic hydroxyl groups is 1. The van der Waals surface area contributed by atoms with Gasteiger partial charge in [0.2, 0.25) is 0 Å². The Kier molecular flexibility index (Phi) is 6.27. The van der Waals surface area contributed by atoms with Crippen LogP contribution < -0.4 is 10.1 Å². The first kappa shape index (κ1) is 19.9. The van der Waals surface area contributed by atoms with Crippen LogP contribution in [0.4, 0.5) is 5.69 Å². The van der Waals surface area contributed by atoms with E-state index in [9.17, 15) is 9.90 Å². The van der Waals surface area contributed by atoms with Gasteiger partial charge in [-0.1, -0.05) is 36.4 Å². The van der Waals surface area contributed by atoms with Crippen molar-refractivity contribution in [2.75, 3.05) is 18.5 Å². The number of ether oxygens (including phenoxy) is 3. The number of hydrogen-bond acceptors (Lipinski definition) is 5. The first-order valence-electron chi connectivity index (χ1n) is 9.83. The zero-order valence-corrected chi connectivity index (χ0v) is 16.4. The number of amides is 1. The summed E-state index contributed by atoms with van der Waals surface area (Å²) in [6.45, 7) is 1.69. The Morgan fingerprint density at radius 2 is 1.73 bits per heavy atom. The molecule has 3 aromatic rings. The minimum absolute atomic E-state index is 0.0225. The summed E-state index contributed by atoms with van der Waals surface area (Å²) in [5.74, 6) is 0.320. The fourth-order valence-corrected chi connectivity index (χ4v) is 3.12. The molecule has 2 N–H and O–H groups in total. The van der Waals surface area contributed by atoms with Crippen molar-refractivity contribution in [2.45, 2.75) is 19.3 Å². The summed E-state index contributed by atoms with van der Waals surface area (Å²) >= 11 is 0. The molecule has 0 radical (unpaired) electrons. The fourth-order valence-electron chi connectivity index (χ4n) is 3.12. The van der Waals surface area contributed by atoms with Gasteiger partial charge in [-0.3, -0.25) is 4.79 Å². The Morgan fingerprint density at radius 3 is 2.47 bits per heavy atom. The monoisotopic (exact) mass is 405 g/mol. The lowest BCUT2D eigenvalue weighted by molar-refractivity contribution is -0.183. The lowest BCUT2D eigenvalue weighted by Gasteiger charge is -2.24. The summed E-state index contributed by atoms with van der Waals surface area (Å²) in [5.41, 5.74) is 2.57. The first-order valence-corrected chi connectivity index (χ1v) is 9.83.